The van der Waals surface area contributed by atoms with Gasteiger partial charge >= 0.3 is 0 Å². The number of benzene rings is 1. The quantitative estimate of drug-likeness (QED) is 0.664. The van der Waals surface area contributed by atoms with E-state index in [1.807, 2.05) is 13.0 Å². The van der Waals surface area contributed by atoms with Crippen LogP contribution in [-0.2, 0) is 16.0 Å². The van der Waals surface area contributed by atoms with Crippen LogP contribution in [0.4, 0.5) is 5.69 Å². The maximum atomic E-state index is 12.7. The molecule has 0 bridgehead atoms. The molecule has 0 aliphatic heterocycles. The van der Waals surface area contributed by atoms with E-state index >= 15 is 0 Å². The number of Topliss-reactive ketones (excluding diaryl/α,β-unsaturated/α-hetero) is 3. The molecule has 5 heteroatoms. The van der Waals surface area contributed by atoms with E-state index in [0.29, 0.717) is 30.6 Å². The SMILES string of the molecule is CCc1c(C(=O)CC(CCC(C)=O)C(C)=O)ccc(NC)c1OC. The van der Waals surface area contributed by atoms with E-state index in [0.717, 1.165) is 11.3 Å². The summed E-state index contributed by atoms with van der Waals surface area (Å²) in [5.74, 6) is 0.135. The van der Waals surface area contributed by atoms with Crippen LogP contribution in [0.1, 0.15) is 56.0 Å². The van der Waals surface area contributed by atoms with Gasteiger partial charge in [-0.05, 0) is 38.8 Å². The Balaban J connectivity index is 3.09. The first kappa shape index (κ1) is 19.9. The Kier molecular flexibility index (Phi) is 7.62. The van der Waals surface area contributed by atoms with Crippen LogP contribution < -0.4 is 10.1 Å². The van der Waals surface area contributed by atoms with Crippen molar-refractivity contribution < 1.29 is 19.1 Å². The molecule has 0 spiro atoms. The fourth-order valence-corrected chi connectivity index (χ4v) is 2.83. The minimum Gasteiger partial charge on any atom is -0.494 e. The van der Waals surface area contributed by atoms with Crippen molar-refractivity contribution in [1.29, 1.82) is 0 Å². The van der Waals surface area contributed by atoms with Crippen LogP contribution in [-0.4, -0.2) is 31.5 Å². The highest BCUT2D eigenvalue weighted by Gasteiger charge is 2.23. The molecule has 0 fully saturated rings. The van der Waals surface area contributed by atoms with Gasteiger partial charge in [0.05, 0.1) is 12.8 Å². The molecule has 1 atom stereocenters. The summed E-state index contributed by atoms with van der Waals surface area (Å²) in [7, 11) is 3.38. The van der Waals surface area contributed by atoms with Gasteiger partial charge in [-0.15, -0.1) is 0 Å². The first-order chi connectivity index (χ1) is 11.3. The zero-order chi connectivity index (χ0) is 18.3. The van der Waals surface area contributed by atoms with Gasteiger partial charge in [0.1, 0.15) is 17.3 Å². The summed E-state index contributed by atoms with van der Waals surface area (Å²) in [5.41, 5.74) is 2.25. The van der Waals surface area contributed by atoms with Gasteiger partial charge in [0.25, 0.3) is 0 Å². The Morgan fingerprint density at radius 2 is 1.88 bits per heavy atom. The van der Waals surface area contributed by atoms with Crippen molar-refractivity contribution in [3.8, 4) is 5.75 Å². The molecule has 0 heterocycles. The molecule has 1 aromatic carbocycles. The molecule has 5 nitrogen and oxygen atoms in total. The Labute approximate surface area is 143 Å². The lowest BCUT2D eigenvalue weighted by Crippen LogP contribution is -2.18. The molecule has 132 valence electrons. The lowest BCUT2D eigenvalue weighted by Gasteiger charge is -2.18. The van der Waals surface area contributed by atoms with Crippen LogP contribution in [0.25, 0.3) is 0 Å². The van der Waals surface area contributed by atoms with Gasteiger partial charge in [0, 0.05) is 36.9 Å². The third-order valence-corrected chi connectivity index (χ3v) is 4.24. The van der Waals surface area contributed by atoms with Crippen LogP contribution in [0.2, 0.25) is 0 Å². The molecule has 0 saturated carbocycles. The van der Waals surface area contributed by atoms with Crippen LogP contribution in [0, 0.1) is 5.92 Å². The number of nitrogens with one attached hydrogen (secondary N) is 1. The smallest absolute Gasteiger partial charge is 0.164 e. The van der Waals surface area contributed by atoms with E-state index in [4.69, 9.17) is 4.74 Å². The van der Waals surface area contributed by atoms with Gasteiger partial charge in [-0.1, -0.05) is 6.92 Å². The van der Waals surface area contributed by atoms with Crippen molar-refractivity contribution >= 4 is 23.0 Å². The van der Waals surface area contributed by atoms with E-state index < -0.39 is 5.92 Å². The van der Waals surface area contributed by atoms with E-state index in [1.54, 1.807) is 20.2 Å². The maximum absolute atomic E-state index is 12.7. The summed E-state index contributed by atoms with van der Waals surface area (Å²) in [6.07, 6.45) is 1.51. The van der Waals surface area contributed by atoms with E-state index in [9.17, 15) is 14.4 Å². The number of carbonyl (C=O) groups is 3. The normalized spacial score (nSPS) is 11.7. The molecule has 1 unspecified atom stereocenters. The second kappa shape index (κ2) is 9.21. The minimum atomic E-state index is -0.416. The summed E-state index contributed by atoms with van der Waals surface area (Å²) in [6, 6.07) is 3.58. The van der Waals surface area contributed by atoms with Crippen LogP contribution in [0.15, 0.2) is 12.1 Å². The van der Waals surface area contributed by atoms with Gasteiger partial charge in [-0.25, -0.2) is 0 Å². The second-order valence-corrected chi connectivity index (χ2v) is 5.95. The summed E-state index contributed by atoms with van der Waals surface area (Å²) < 4.78 is 5.45. The fraction of sp³-hybridized carbons (Fsp3) is 0.526. The van der Waals surface area contributed by atoms with Gasteiger partial charge in [0.2, 0.25) is 0 Å². The number of rotatable bonds is 10. The van der Waals surface area contributed by atoms with Crippen molar-refractivity contribution in [2.45, 2.75) is 46.5 Å². The zero-order valence-corrected chi connectivity index (χ0v) is 15.2. The number of ether oxygens (including phenoxy) is 1. The standard InChI is InChI=1S/C19H27NO4/c1-6-15-16(9-10-17(20-4)19(15)24-5)18(23)11-14(13(3)22)8-7-12(2)21/h9-10,14,20H,6-8,11H2,1-5H3. The van der Waals surface area contributed by atoms with E-state index in [-0.39, 0.29) is 23.8 Å². The summed E-state index contributed by atoms with van der Waals surface area (Å²) >= 11 is 0. The topological polar surface area (TPSA) is 72.5 Å². The highest BCUT2D eigenvalue weighted by Crippen LogP contribution is 2.33. The second-order valence-electron chi connectivity index (χ2n) is 5.95. The fourth-order valence-electron chi connectivity index (χ4n) is 2.83. The third-order valence-electron chi connectivity index (χ3n) is 4.24. The maximum Gasteiger partial charge on any atom is 0.164 e. The molecule has 0 radical (unpaired) electrons. The summed E-state index contributed by atoms with van der Waals surface area (Å²) in [6.45, 7) is 4.94. The number of carbonyl (C=O) groups excluding carboxylic acids is 3. The summed E-state index contributed by atoms with van der Waals surface area (Å²) in [4.78, 5) is 35.7. The van der Waals surface area contributed by atoms with Crippen molar-refractivity contribution in [2.75, 3.05) is 19.5 Å². The lowest BCUT2D eigenvalue weighted by atomic mass is 9.88. The first-order valence-corrected chi connectivity index (χ1v) is 8.26. The molecular weight excluding hydrogens is 306 g/mol. The molecule has 0 saturated heterocycles. The number of hydrogen-bond donors (Lipinski definition) is 1. The molecule has 1 rings (SSSR count). The molecule has 1 N–H and O–H groups in total. The van der Waals surface area contributed by atoms with Crippen molar-refractivity contribution in [3.05, 3.63) is 23.3 Å². The number of anilines is 1. The van der Waals surface area contributed by atoms with Crippen molar-refractivity contribution in [1.82, 2.24) is 0 Å². The Morgan fingerprint density at radius 1 is 1.21 bits per heavy atom. The monoisotopic (exact) mass is 333 g/mol. The van der Waals surface area contributed by atoms with Crippen molar-refractivity contribution in [3.63, 3.8) is 0 Å². The number of methoxy groups -OCH3 is 1. The third kappa shape index (κ3) is 4.91. The van der Waals surface area contributed by atoms with E-state index in [2.05, 4.69) is 5.32 Å². The molecule has 0 aliphatic rings. The van der Waals surface area contributed by atoms with E-state index in [1.165, 1.54) is 13.8 Å². The molecular formula is C19H27NO4. The minimum absolute atomic E-state index is 0.0305. The molecule has 0 aliphatic carbocycles. The van der Waals surface area contributed by atoms with Crippen LogP contribution >= 0.6 is 0 Å². The molecule has 0 aromatic heterocycles. The first-order valence-electron chi connectivity index (χ1n) is 8.26. The highest BCUT2D eigenvalue weighted by atomic mass is 16.5. The van der Waals surface area contributed by atoms with Gasteiger partial charge in [-0.2, -0.15) is 0 Å². The predicted octanol–water partition coefficient (Wildman–Crippen LogP) is 3.45. The molecule has 24 heavy (non-hydrogen) atoms. The van der Waals surface area contributed by atoms with Gasteiger partial charge in [-0.3, -0.25) is 9.59 Å². The average Bonchev–Trinajstić information content (AvgIpc) is 2.56. The molecule has 0 amide bonds. The Hall–Kier alpha value is -2.17. The highest BCUT2D eigenvalue weighted by molar-refractivity contribution is 6.01. The number of hydrogen-bond acceptors (Lipinski definition) is 5. The number of ketones is 3. The largest absolute Gasteiger partial charge is 0.494 e. The summed E-state index contributed by atoms with van der Waals surface area (Å²) in [5, 5.41) is 3.05. The van der Waals surface area contributed by atoms with Crippen LogP contribution in [0.3, 0.4) is 0 Å². The molecule has 1 aromatic rings. The Bertz CT molecular complexity index is 622. The predicted molar refractivity (Wildman–Crippen MR) is 95.0 cm³/mol. The van der Waals surface area contributed by atoms with Gasteiger partial charge < -0.3 is 14.8 Å². The van der Waals surface area contributed by atoms with Gasteiger partial charge in [0.15, 0.2) is 5.78 Å². The lowest BCUT2D eigenvalue weighted by molar-refractivity contribution is -0.121. The van der Waals surface area contributed by atoms with Crippen LogP contribution in [0.5, 0.6) is 5.75 Å². The average molecular weight is 333 g/mol. The van der Waals surface area contributed by atoms with Crippen molar-refractivity contribution in [2.24, 2.45) is 5.92 Å². The Morgan fingerprint density at radius 3 is 2.33 bits per heavy atom. The zero-order valence-electron chi connectivity index (χ0n) is 15.2.